The first-order chi connectivity index (χ1) is 10.3. The fraction of sp³-hybridized carbons (Fsp3) is 0.611. The molecule has 0 aromatic heterocycles. The molecule has 3 aliphatic rings. The lowest BCUT2D eigenvalue weighted by atomic mass is 9.65. The predicted octanol–water partition coefficient (Wildman–Crippen LogP) is 2.88. The zero-order valence-corrected chi connectivity index (χ0v) is 12.6. The number of carbonyl (C=O) groups is 1. The van der Waals surface area contributed by atoms with Gasteiger partial charge in [0.05, 0.1) is 11.5 Å². The topological polar surface area (TPSA) is 32.3 Å². The van der Waals surface area contributed by atoms with Crippen LogP contribution in [0.15, 0.2) is 30.3 Å². The maximum absolute atomic E-state index is 13.0. The molecule has 3 fully saturated rings. The Bertz CT molecular complexity index is 515. The molecule has 3 nitrogen and oxygen atoms in total. The molecule has 1 amide bonds. The number of nitrogens with one attached hydrogen (secondary N) is 1. The van der Waals surface area contributed by atoms with E-state index >= 15 is 0 Å². The molecule has 0 radical (unpaired) electrons. The summed E-state index contributed by atoms with van der Waals surface area (Å²) in [5.41, 5.74) is 1.28. The molecule has 0 unspecified atom stereocenters. The van der Waals surface area contributed by atoms with E-state index in [1.54, 1.807) is 0 Å². The molecular formula is C18H24N2O. The first-order valence-corrected chi connectivity index (χ1v) is 8.41. The van der Waals surface area contributed by atoms with Crippen molar-refractivity contribution in [3.05, 3.63) is 35.9 Å². The lowest BCUT2D eigenvalue weighted by Crippen LogP contribution is -2.66. The second kappa shape index (κ2) is 5.13. The van der Waals surface area contributed by atoms with Crippen LogP contribution in [0, 0.1) is 5.41 Å². The molecule has 2 heterocycles. The molecule has 1 N–H and O–H groups in total. The van der Waals surface area contributed by atoms with Gasteiger partial charge in [0.2, 0.25) is 5.91 Å². The van der Waals surface area contributed by atoms with Crippen LogP contribution in [0.2, 0.25) is 0 Å². The Labute approximate surface area is 126 Å². The highest BCUT2D eigenvalue weighted by Gasteiger charge is 2.62. The summed E-state index contributed by atoms with van der Waals surface area (Å²) in [4.78, 5) is 15.2. The second-order valence-electron chi connectivity index (χ2n) is 6.87. The van der Waals surface area contributed by atoms with Gasteiger partial charge >= 0.3 is 0 Å². The maximum Gasteiger partial charge on any atom is 0.232 e. The third-order valence-corrected chi connectivity index (χ3v) is 5.78. The Morgan fingerprint density at radius 1 is 1.05 bits per heavy atom. The molecule has 2 saturated heterocycles. The molecule has 4 rings (SSSR count). The number of carbonyl (C=O) groups excluding carboxylic acids is 1. The van der Waals surface area contributed by atoms with Crippen LogP contribution < -0.4 is 5.32 Å². The zero-order chi connectivity index (χ0) is 14.3. The average molecular weight is 284 g/mol. The van der Waals surface area contributed by atoms with Gasteiger partial charge in [-0.2, -0.15) is 0 Å². The molecular weight excluding hydrogens is 260 g/mol. The third kappa shape index (κ3) is 1.94. The van der Waals surface area contributed by atoms with Gasteiger partial charge in [-0.05, 0) is 44.3 Å². The van der Waals surface area contributed by atoms with Gasteiger partial charge in [-0.1, -0.05) is 43.2 Å². The van der Waals surface area contributed by atoms with E-state index in [4.69, 9.17) is 0 Å². The monoisotopic (exact) mass is 284 g/mol. The van der Waals surface area contributed by atoms with Gasteiger partial charge in [0.25, 0.3) is 0 Å². The quantitative estimate of drug-likeness (QED) is 0.847. The molecule has 2 aliphatic heterocycles. The van der Waals surface area contributed by atoms with Gasteiger partial charge in [-0.15, -0.1) is 0 Å². The predicted molar refractivity (Wildman–Crippen MR) is 82.8 cm³/mol. The minimum Gasteiger partial charge on any atom is -0.331 e. The van der Waals surface area contributed by atoms with Crippen LogP contribution in [0.3, 0.4) is 0 Å². The van der Waals surface area contributed by atoms with E-state index in [9.17, 15) is 4.79 Å². The van der Waals surface area contributed by atoms with Crippen molar-refractivity contribution < 1.29 is 4.79 Å². The van der Waals surface area contributed by atoms with Crippen molar-refractivity contribution in [1.29, 1.82) is 0 Å². The Kier molecular flexibility index (Phi) is 3.26. The number of benzene rings is 1. The summed E-state index contributed by atoms with van der Waals surface area (Å²) in [6.45, 7) is 2.09. The fourth-order valence-electron chi connectivity index (χ4n) is 4.76. The van der Waals surface area contributed by atoms with Gasteiger partial charge in [-0.3, -0.25) is 4.79 Å². The lowest BCUT2D eigenvalue weighted by molar-refractivity contribution is -0.180. The van der Waals surface area contributed by atoms with E-state index in [1.165, 1.54) is 18.4 Å². The number of likely N-dealkylation sites (tertiary alicyclic amines) is 1. The summed E-state index contributed by atoms with van der Waals surface area (Å²) in [5.74, 6) is 0.445. The van der Waals surface area contributed by atoms with Crippen LogP contribution in [0.25, 0.3) is 0 Å². The highest BCUT2D eigenvalue weighted by atomic mass is 16.2. The van der Waals surface area contributed by atoms with Crippen LogP contribution >= 0.6 is 0 Å². The largest absolute Gasteiger partial charge is 0.331 e. The van der Waals surface area contributed by atoms with E-state index in [2.05, 4.69) is 40.5 Å². The molecule has 1 saturated carbocycles. The van der Waals surface area contributed by atoms with Gasteiger partial charge in [0.15, 0.2) is 0 Å². The van der Waals surface area contributed by atoms with Crippen LogP contribution in [-0.2, 0) is 4.79 Å². The molecule has 0 bridgehead atoms. The molecule has 1 aromatic carbocycles. The number of hydrogen-bond donors (Lipinski definition) is 1. The van der Waals surface area contributed by atoms with Crippen molar-refractivity contribution in [3.8, 4) is 0 Å². The van der Waals surface area contributed by atoms with E-state index in [0.29, 0.717) is 18.0 Å². The Morgan fingerprint density at radius 2 is 1.71 bits per heavy atom. The molecule has 3 heteroatoms. The van der Waals surface area contributed by atoms with Crippen molar-refractivity contribution in [3.63, 3.8) is 0 Å². The minimum absolute atomic E-state index is 0.0633. The first-order valence-electron chi connectivity index (χ1n) is 8.41. The Hall–Kier alpha value is -1.35. The van der Waals surface area contributed by atoms with Crippen molar-refractivity contribution >= 4 is 5.91 Å². The van der Waals surface area contributed by atoms with E-state index in [1.807, 2.05) is 0 Å². The number of rotatable bonds is 2. The minimum atomic E-state index is -0.0633. The molecule has 112 valence electrons. The van der Waals surface area contributed by atoms with Gasteiger partial charge in [0, 0.05) is 6.04 Å². The molecule has 21 heavy (non-hydrogen) atoms. The average Bonchev–Trinajstić information content (AvgIpc) is 3.06. The van der Waals surface area contributed by atoms with Gasteiger partial charge < -0.3 is 10.2 Å². The third-order valence-electron chi connectivity index (χ3n) is 5.78. The van der Waals surface area contributed by atoms with Crippen molar-refractivity contribution in [1.82, 2.24) is 10.2 Å². The number of β-lactam (4-membered cyclic amide) rings is 1. The molecule has 1 aromatic rings. The molecule has 1 atom stereocenters. The van der Waals surface area contributed by atoms with Gasteiger partial charge in [-0.25, -0.2) is 0 Å². The van der Waals surface area contributed by atoms with E-state index in [0.717, 1.165) is 38.8 Å². The van der Waals surface area contributed by atoms with Crippen LogP contribution in [0.5, 0.6) is 0 Å². The second-order valence-corrected chi connectivity index (χ2v) is 6.87. The smallest absolute Gasteiger partial charge is 0.232 e. The molecule has 1 spiro atoms. The fourth-order valence-corrected chi connectivity index (χ4v) is 4.76. The Balaban J connectivity index is 1.68. The number of piperidine rings is 1. The van der Waals surface area contributed by atoms with Crippen LogP contribution in [0.1, 0.15) is 50.1 Å². The van der Waals surface area contributed by atoms with Gasteiger partial charge in [0.1, 0.15) is 0 Å². The lowest BCUT2D eigenvalue weighted by Gasteiger charge is -2.58. The summed E-state index contributed by atoms with van der Waals surface area (Å²) in [7, 11) is 0. The Morgan fingerprint density at radius 3 is 2.38 bits per heavy atom. The summed E-state index contributed by atoms with van der Waals surface area (Å²) in [6, 6.07) is 11.5. The zero-order valence-electron chi connectivity index (χ0n) is 12.6. The summed E-state index contributed by atoms with van der Waals surface area (Å²) < 4.78 is 0. The molecule has 1 aliphatic carbocycles. The SMILES string of the molecule is O=C1N(C2CCNCC2)[C@H](c2ccccc2)C12CCCC2. The van der Waals surface area contributed by atoms with Crippen molar-refractivity contribution in [2.75, 3.05) is 13.1 Å². The number of amides is 1. The van der Waals surface area contributed by atoms with Crippen molar-refractivity contribution in [2.45, 2.75) is 50.6 Å². The first kappa shape index (κ1) is 13.3. The maximum atomic E-state index is 13.0. The van der Waals surface area contributed by atoms with Crippen LogP contribution in [-0.4, -0.2) is 29.9 Å². The normalized spacial score (nSPS) is 28.9. The highest BCUT2D eigenvalue weighted by Crippen LogP contribution is 2.60. The number of nitrogens with zero attached hydrogens (tertiary/aromatic N) is 1. The van der Waals surface area contributed by atoms with E-state index in [-0.39, 0.29) is 5.41 Å². The number of hydrogen-bond acceptors (Lipinski definition) is 2. The van der Waals surface area contributed by atoms with Crippen LogP contribution in [0.4, 0.5) is 0 Å². The van der Waals surface area contributed by atoms with E-state index < -0.39 is 0 Å². The standard InChI is InChI=1S/C18H24N2O/c21-17-18(10-4-5-11-18)16(14-6-2-1-3-7-14)20(17)15-8-12-19-13-9-15/h1-3,6-7,15-16,19H,4-5,8-13H2/t16-/m1/s1. The summed E-state index contributed by atoms with van der Waals surface area (Å²) in [5, 5.41) is 3.41. The summed E-state index contributed by atoms with van der Waals surface area (Å²) >= 11 is 0. The highest BCUT2D eigenvalue weighted by molar-refractivity contribution is 5.91. The van der Waals surface area contributed by atoms with Crippen molar-refractivity contribution in [2.24, 2.45) is 5.41 Å². The summed E-state index contributed by atoms with van der Waals surface area (Å²) in [6.07, 6.45) is 6.82.